The Kier molecular flexibility index (Phi) is 6.45. The zero-order valence-electron chi connectivity index (χ0n) is 14.0. The molecule has 0 saturated carbocycles. The zero-order chi connectivity index (χ0) is 17.0. The normalized spacial score (nSPS) is 24.4. The highest BCUT2D eigenvalue weighted by Crippen LogP contribution is 2.27. The molecule has 1 saturated heterocycles. The van der Waals surface area contributed by atoms with Gasteiger partial charge in [-0.05, 0) is 57.9 Å². The van der Waals surface area contributed by atoms with Crippen molar-refractivity contribution < 1.29 is 14.6 Å². The van der Waals surface area contributed by atoms with Gasteiger partial charge in [0.1, 0.15) is 12.0 Å². The van der Waals surface area contributed by atoms with Gasteiger partial charge >= 0.3 is 5.97 Å². The Morgan fingerprint density at radius 1 is 1.48 bits per heavy atom. The first-order valence-corrected chi connectivity index (χ1v) is 8.59. The van der Waals surface area contributed by atoms with Gasteiger partial charge in [-0.25, -0.2) is 0 Å². The van der Waals surface area contributed by atoms with Crippen LogP contribution in [-0.2, 0) is 9.53 Å². The molecule has 4 nitrogen and oxygen atoms in total. The van der Waals surface area contributed by atoms with Crippen molar-refractivity contribution in [1.29, 1.82) is 0 Å². The second-order valence-corrected chi connectivity index (χ2v) is 6.96. The fraction of sp³-hybridized carbons (Fsp3) is 0.611. The average Bonchev–Trinajstić information content (AvgIpc) is 2.80. The largest absolute Gasteiger partial charge is 0.462 e. The van der Waals surface area contributed by atoms with Crippen LogP contribution in [0.25, 0.3) is 0 Å². The van der Waals surface area contributed by atoms with Gasteiger partial charge in [-0.1, -0.05) is 23.7 Å². The van der Waals surface area contributed by atoms with Gasteiger partial charge in [0.05, 0.1) is 6.61 Å². The molecule has 0 aromatic heterocycles. The Morgan fingerprint density at radius 3 is 2.78 bits per heavy atom. The van der Waals surface area contributed by atoms with E-state index in [1.54, 1.807) is 24.3 Å². The molecule has 0 bridgehead atoms. The molecule has 0 amide bonds. The number of hydrogen-bond donors (Lipinski definition) is 1. The smallest absolute Gasteiger partial charge is 0.316 e. The summed E-state index contributed by atoms with van der Waals surface area (Å²) in [5, 5.41) is 10.1. The number of benzene rings is 1. The summed E-state index contributed by atoms with van der Waals surface area (Å²) in [6.45, 7) is 3.85. The van der Waals surface area contributed by atoms with Crippen LogP contribution in [0.2, 0.25) is 5.02 Å². The second-order valence-electron chi connectivity index (χ2n) is 6.52. The van der Waals surface area contributed by atoms with Crippen LogP contribution in [-0.4, -0.2) is 47.8 Å². The third-order valence-electron chi connectivity index (χ3n) is 4.83. The van der Waals surface area contributed by atoms with Gasteiger partial charge in [0.25, 0.3) is 0 Å². The topological polar surface area (TPSA) is 49.8 Å². The highest BCUT2D eigenvalue weighted by atomic mass is 35.5. The quantitative estimate of drug-likeness (QED) is 0.808. The van der Waals surface area contributed by atoms with Crippen LogP contribution in [0.3, 0.4) is 0 Å². The van der Waals surface area contributed by atoms with E-state index in [2.05, 4.69) is 18.9 Å². The SMILES string of the molecule is CC(CC1CCC(C)N1C)OC(=O)C(CO)c1cccc(Cl)c1. The van der Waals surface area contributed by atoms with Gasteiger partial charge in [-0.2, -0.15) is 0 Å². The standard InChI is InChI=1S/C18H26ClNO3/c1-12-7-8-16(20(12)3)9-13(2)23-18(22)17(11-21)14-5-4-6-15(19)10-14/h4-6,10,12-13,16-17,21H,7-9,11H2,1-3H3. The highest BCUT2D eigenvalue weighted by Gasteiger charge is 2.30. The van der Waals surface area contributed by atoms with Crippen LogP contribution in [0.1, 0.15) is 44.6 Å². The van der Waals surface area contributed by atoms with Crippen LogP contribution in [0, 0.1) is 0 Å². The van der Waals surface area contributed by atoms with Crippen LogP contribution in [0.15, 0.2) is 24.3 Å². The van der Waals surface area contributed by atoms with Gasteiger partial charge in [-0.15, -0.1) is 0 Å². The van der Waals surface area contributed by atoms with Crippen molar-refractivity contribution in [3.63, 3.8) is 0 Å². The Hall–Kier alpha value is -1.10. The number of halogens is 1. The predicted molar refractivity (Wildman–Crippen MR) is 91.7 cm³/mol. The number of carbonyl (C=O) groups is 1. The lowest BCUT2D eigenvalue weighted by atomic mass is 10.00. The van der Waals surface area contributed by atoms with E-state index in [-0.39, 0.29) is 12.7 Å². The lowest BCUT2D eigenvalue weighted by Gasteiger charge is -2.26. The minimum atomic E-state index is -0.684. The van der Waals surface area contributed by atoms with E-state index in [0.29, 0.717) is 22.7 Å². The van der Waals surface area contributed by atoms with Crippen molar-refractivity contribution in [2.45, 2.75) is 57.2 Å². The van der Waals surface area contributed by atoms with Crippen LogP contribution >= 0.6 is 11.6 Å². The Morgan fingerprint density at radius 2 is 2.22 bits per heavy atom. The number of carbonyl (C=O) groups excluding carboxylic acids is 1. The first-order chi connectivity index (χ1) is 10.9. The molecule has 1 heterocycles. The molecule has 1 aromatic carbocycles. The number of ether oxygens (including phenoxy) is 1. The molecule has 5 heteroatoms. The number of likely N-dealkylation sites (tertiary alicyclic amines) is 1. The van der Waals surface area contributed by atoms with Crippen molar-refractivity contribution in [3.8, 4) is 0 Å². The first kappa shape index (κ1) is 18.2. The van der Waals surface area contributed by atoms with Crippen molar-refractivity contribution in [2.24, 2.45) is 0 Å². The van der Waals surface area contributed by atoms with Gasteiger partial charge in [0.15, 0.2) is 0 Å². The summed E-state index contributed by atoms with van der Waals surface area (Å²) in [7, 11) is 2.12. The molecule has 0 aliphatic carbocycles. The molecule has 23 heavy (non-hydrogen) atoms. The molecule has 0 radical (unpaired) electrons. The maximum Gasteiger partial charge on any atom is 0.316 e. The number of hydrogen-bond acceptors (Lipinski definition) is 4. The van der Waals surface area contributed by atoms with Gasteiger partial charge in [0.2, 0.25) is 0 Å². The van der Waals surface area contributed by atoms with E-state index < -0.39 is 11.9 Å². The molecule has 4 unspecified atom stereocenters. The lowest BCUT2D eigenvalue weighted by molar-refractivity contribution is -0.151. The van der Waals surface area contributed by atoms with Crippen molar-refractivity contribution in [2.75, 3.05) is 13.7 Å². The Bertz CT molecular complexity index is 537. The van der Waals surface area contributed by atoms with E-state index >= 15 is 0 Å². The molecule has 1 N–H and O–H groups in total. The molecule has 0 spiro atoms. The van der Waals surface area contributed by atoms with E-state index in [1.807, 2.05) is 6.92 Å². The number of aliphatic hydroxyl groups is 1. The highest BCUT2D eigenvalue weighted by molar-refractivity contribution is 6.30. The van der Waals surface area contributed by atoms with Crippen LogP contribution < -0.4 is 0 Å². The minimum absolute atomic E-state index is 0.173. The van der Waals surface area contributed by atoms with Crippen LogP contribution in [0.5, 0.6) is 0 Å². The fourth-order valence-electron chi connectivity index (χ4n) is 3.24. The van der Waals surface area contributed by atoms with E-state index in [1.165, 1.54) is 6.42 Å². The van der Waals surface area contributed by atoms with E-state index in [9.17, 15) is 9.90 Å². The molecular formula is C18H26ClNO3. The van der Waals surface area contributed by atoms with Gasteiger partial charge in [0, 0.05) is 17.1 Å². The summed E-state index contributed by atoms with van der Waals surface area (Å²) in [6.07, 6.45) is 2.97. The molecule has 128 valence electrons. The van der Waals surface area contributed by atoms with Crippen LogP contribution in [0.4, 0.5) is 0 Å². The monoisotopic (exact) mass is 339 g/mol. The summed E-state index contributed by atoms with van der Waals surface area (Å²) in [5.74, 6) is -1.08. The summed E-state index contributed by atoms with van der Waals surface area (Å²) < 4.78 is 5.57. The maximum absolute atomic E-state index is 12.4. The number of rotatable bonds is 6. The summed E-state index contributed by atoms with van der Waals surface area (Å²) in [4.78, 5) is 14.7. The number of nitrogens with zero attached hydrogens (tertiary/aromatic N) is 1. The third-order valence-corrected chi connectivity index (χ3v) is 5.06. The molecule has 2 rings (SSSR count). The predicted octanol–water partition coefficient (Wildman–Crippen LogP) is 3.22. The number of aliphatic hydroxyl groups excluding tert-OH is 1. The maximum atomic E-state index is 12.4. The molecule has 1 aromatic rings. The van der Waals surface area contributed by atoms with Crippen molar-refractivity contribution in [3.05, 3.63) is 34.9 Å². The lowest BCUT2D eigenvalue weighted by Crippen LogP contribution is -2.34. The molecular weight excluding hydrogens is 314 g/mol. The summed E-state index contributed by atoms with van der Waals surface area (Å²) in [5.41, 5.74) is 0.684. The first-order valence-electron chi connectivity index (χ1n) is 8.21. The zero-order valence-corrected chi connectivity index (χ0v) is 14.8. The second kappa shape index (κ2) is 8.13. The van der Waals surface area contributed by atoms with Crippen molar-refractivity contribution in [1.82, 2.24) is 4.90 Å². The fourth-order valence-corrected chi connectivity index (χ4v) is 3.43. The molecule has 1 fully saturated rings. The third kappa shape index (κ3) is 4.69. The summed E-state index contributed by atoms with van der Waals surface area (Å²) >= 11 is 5.96. The average molecular weight is 340 g/mol. The van der Waals surface area contributed by atoms with E-state index in [0.717, 1.165) is 12.8 Å². The molecule has 1 aliphatic heterocycles. The van der Waals surface area contributed by atoms with E-state index in [4.69, 9.17) is 16.3 Å². The Balaban J connectivity index is 1.94. The number of esters is 1. The summed E-state index contributed by atoms with van der Waals surface area (Å²) in [6, 6.07) is 8.02. The van der Waals surface area contributed by atoms with Gasteiger partial charge < -0.3 is 14.7 Å². The van der Waals surface area contributed by atoms with Crippen molar-refractivity contribution >= 4 is 17.6 Å². The Labute approximate surface area is 143 Å². The minimum Gasteiger partial charge on any atom is -0.462 e. The van der Waals surface area contributed by atoms with Gasteiger partial charge in [-0.3, -0.25) is 4.79 Å². The molecule has 1 aliphatic rings. The molecule has 4 atom stereocenters.